The Balaban J connectivity index is 1.93. The number of hydrogen-bond donors (Lipinski definition) is 1. The average molecular weight is 348 g/mol. The van der Waals surface area contributed by atoms with E-state index in [2.05, 4.69) is 10.2 Å². The van der Waals surface area contributed by atoms with Gasteiger partial charge in [0.15, 0.2) is 4.77 Å². The third-order valence-corrected chi connectivity index (χ3v) is 4.36. The van der Waals surface area contributed by atoms with E-state index in [1.807, 2.05) is 35.8 Å². The molecule has 3 rings (SSSR count). The predicted molar refractivity (Wildman–Crippen MR) is 91.9 cm³/mol. The van der Waals surface area contributed by atoms with Gasteiger partial charge in [-0.3, -0.25) is 9.67 Å². The molecule has 0 aliphatic rings. The Bertz CT molecular complexity index is 863. The lowest BCUT2D eigenvalue weighted by atomic mass is 10.1. The average Bonchev–Trinajstić information content (AvgIpc) is 2.86. The van der Waals surface area contributed by atoms with Crippen molar-refractivity contribution in [1.29, 1.82) is 0 Å². The molecule has 2 aromatic carbocycles. The Morgan fingerprint density at radius 3 is 2.65 bits per heavy atom. The van der Waals surface area contributed by atoms with Gasteiger partial charge in [-0.25, -0.2) is 4.39 Å². The second kappa shape index (κ2) is 6.64. The van der Waals surface area contributed by atoms with Crippen molar-refractivity contribution in [1.82, 2.24) is 14.8 Å². The number of rotatable bonds is 4. The monoisotopic (exact) mass is 347 g/mol. The number of aromatic amines is 1. The molecule has 0 fully saturated rings. The number of aryl methyl sites for hydroxylation is 1. The van der Waals surface area contributed by atoms with Gasteiger partial charge in [-0.1, -0.05) is 47.5 Å². The third kappa shape index (κ3) is 3.51. The van der Waals surface area contributed by atoms with Crippen LogP contribution in [0.25, 0.3) is 0 Å². The van der Waals surface area contributed by atoms with E-state index in [1.54, 1.807) is 12.1 Å². The summed E-state index contributed by atoms with van der Waals surface area (Å²) in [4.78, 5) is 0. The minimum Gasteiger partial charge on any atom is -0.299 e. The Hall–Kier alpha value is -1.98. The van der Waals surface area contributed by atoms with E-state index in [0.717, 1.165) is 5.56 Å². The smallest absolute Gasteiger partial charge is 0.195 e. The fraction of sp³-hybridized carbons (Fsp3) is 0.176. The summed E-state index contributed by atoms with van der Waals surface area (Å²) in [6, 6.07) is 12.8. The van der Waals surface area contributed by atoms with E-state index in [4.69, 9.17) is 23.8 Å². The summed E-state index contributed by atoms with van der Waals surface area (Å²) in [5, 5.41) is 7.40. The van der Waals surface area contributed by atoms with Gasteiger partial charge < -0.3 is 0 Å². The van der Waals surface area contributed by atoms with Crippen LogP contribution in [0.15, 0.2) is 42.5 Å². The van der Waals surface area contributed by atoms with E-state index in [0.29, 0.717) is 27.7 Å². The van der Waals surface area contributed by atoms with E-state index in [9.17, 15) is 4.39 Å². The maximum absolute atomic E-state index is 14.0. The van der Waals surface area contributed by atoms with Gasteiger partial charge in [0.25, 0.3) is 0 Å². The topological polar surface area (TPSA) is 33.6 Å². The first kappa shape index (κ1) is 15.9. The lowest BCUT2D eigenvalue weighted by Crippen LogP contribution is -2.07. The summed E-state index contributed by atoms with van der Waals surface area (Å²) in [5.41, 5.74) is 2.73. The van der Waals surface area contributed by atoms with E-state index >= 15 is 0 Å². The summed E-state index contributed by atoms with van der Waals surface area (Å²) in [7, 11) is 0. The molecule has 1 heterocycles. The molecular formula is C17H15ClFN3S. The molecule has 1 aromatic heterocycles. The Morgan fingerprint density at radius 2 is 1.96 bits per heavy atom. The molecule has 23 heavy (non-hydrogen) atoms. The molecule has 0 amide bonds. The fourth-order valence-electron chi connectivity index (χ4n) is 2.38. The van der Waals surface area contributed by atoms with Gasteiger partial charge in [0.2, 0.25) is 0 Å². The maximum Gasteiger partial charge on any atom is 0.195 e. The molecular weight excluding hydrogens is 333 g/mol. The zero-order valence-electron chi connectivity index (χ0n) is 12.5. The Kier molecular flexibility index (Phi) is 4.59. The molecule has 0 bridgehead atoms. The molecule has 3 nitrogen and oxygen atoms in total. The van der Waals surface area contributed by atoms with Gasteiger partial charge in [-0.2, -0.15) is 5.10 Å². The Morgan fingerprint density at radius 1 is 1.22 bits per heavy atom. The van der Waals surface area contributed by atoms with Crippen LogP contribution in [0, 0.1) is 17.5 Å². The molecule has 1 N–H and O–H groups in total. The van der Waals surface area contributed by atoms with Crippen LogP contribution in [-0.2, 0) is 13.0 Å². The van der Waals surface area contributed by atoms with Crippen LogP contribution in [0.2, 0.25) is 5.02 Å². The minimum absolute atomic E-state index is 0.282. The fourth-order valence-corrected chi connectivity index (χ4v) is 2.83. The van der Waals surface area contributed by atoms with Crippen molar-refractivity contribution in [3.05, 3.63) is 80.6 Å². The molecule has 0 spiro atoms. The second-order valence-corrected chi connectivity index (χ2v) is 6.19. The van der Waals surface area contributed by atoms with Crippen LogP contribution in [-0.4, -0.2) is 14.8 Å². The van der Waals surface area contributed by atoms with Crippen LogP contribution < -0.4 is 0 Å². The minimum atomic E-state index is -0.340. The number of benzene rings is 2. The normalized spacial score (nSPS) is 10.9. The van der Waals surface area contributed by atoms with E-state index in [1.165, 1.54) is 11.6 Å². The largest absolute Gasteiger partial charge is 0.299 e. The molecule has 0 aliphatic heterocycles. The zero-order chi connectivity index (χ0) is 16.4. The first-order valence-corrected chi connectivity index (χ1v) is 7.96. The van der Waals surface area contributed by atoms with Crippen molar-refractivity contribution >= 4 is 23.8 Å². The molecule has 6 heteroatoms. The summed E-state index contributed by atoms with van der Waals surface area (Å²) in [6.45, 7) is 2.62. The van der Waals surface area contributed by atoms with Crippen molar-refractivity contribution in [2.45, 2.75) is 19.9 Å². The van der Waals surface area contributed by atoms with Crippen LogP contribution in [0.5, 0.6) is 0 Å². The molecule has 118 valence electrons. The molecule has 0 saturated heterocycles. The summed E-state index contributed by atoms with van der Waals surface area (Å²) < 4.78 is 16.4. The standard InChI is InChI=1S/C17H15ClFN3S/c1-11-5-7-12(8-6-11)10-22-16(20-21-17(22)23)9-13-14(18)3-2-4-15(13)19/h2-8H,9-10H2,1H3,(H,21,23). The van der Waals surface area contributed by atoms with Crippen molar-refractivity contribution < 1.29 is 4.39 Å². The summed E-state index contributed by atoms with van der Waals surface area (Å²) in [6.07, 6.45) is 0.282. The van der Waals surface area contributed by atoms with Crippen LogP contribution in [0.1, 0.15) is 22.5 Å². The quantitative estimate of drug-likeness (QED) is 0.695. The summed E-state index contributed by atoms with van der Waals surface area (Å²) >= 11 is 11.4. The number of halogens is 2. The molecule has 0 radical (unpaired) electrons. The summed E-state index contributed by atoms with van der Waals surface area (Å²) in [5.74, 6) is 0.316. The highest BCUT2D eigenvalue weighted by molar-refractivity contribution is 7.71. The van der Waals surface area contributed by atoms with Crippen LogP contribution in [0.4, 0.5) is 4.39 Å². The number of nitrogens with zero attached hydrogens (tertiary/aromatic N) is 2. The number of nitrogens with one attached hydrogen (secondary N) is 1. The molecule has 0 unspecified atom stereocenters. The number of hydrogen-bond acceptors (Lipinski definition) is 2. The second-order valence-electron chi connectivity index (χ2n) is 5.39. The van der Waals surface area contributed by atoms with Gasteiger partial charge in [-0.05, 0) is 36.8 Å². The first-order chi connectivity index (χ1) is 11.0. The van der Waals surface area contributed by atoms with Crippen molar-refractivity contribution in [3.8, 4) is 0 Å². The molecule has 3 aromatic rings. The number of H-pyrrole nitrogens is 1. The highest BCUT2D eigenvalue weighted by Crippen LogP contribution is 2.22. The van der Waals surface area contributed by atoms with Gasteiger partial charge in [0.05, 0.1) is 6.54 Å². The molecule has 0 saturated carbocycles. The van der Waals surface area contributed by atoms with Crippen molar-refractivity contribution in [2.24, 2.45) is 0 Å². The van der Waals surface area contributed by atoms with Gasteiger partial charge >= 0.3 is 0 Å². The SMILES string of the molecule is Cc1ccc(Cn2c(Cc3c(F)cccc3Cl)n[nH]c2=S)cc1. The van der Waals surface area contributed by atoms with Crippen LogP contribution in [0.3, 0.4) is 0 Å². The maximum atomic E-state index is 14.0. The lowest BCUT2D eigenvalue weighted by Gasteiger charge is -2.09. The lowest BCUT2D eigenvalue weighted by molar-refractivity contribution is 0.608. The van der Waals surface area contributed by atoms with Crippen LogP contribution >= 0.6 is 23.8 Å². The van der Waals surface area contributed by atoms with Crippen molar-refractivity contribution in [2.75, 3.05) is 0 Å². The van der Waals surface area contributed by atoms with Gasteiger partial charge in [-0.15, -0.1) is 0 Å². The molecule has 0 atom stereocenters. The van der Waals surface area contributed by atoms with E-state index < -0.39 is 0 Å². The predicted octanol–water partition coefficient (Wildman–Crippen LogP) is 4.68. The third-order valence-electron chi connectivity index (χ3n) is 3.70. The zero-order valence-corrected chi connectivity index (χ0v) is 14.1. The number of aromatic nitrogens is 3. The van der Waals surface area contributed by atoms with Crippen molar-refractivity contribution in [3.63, 3.8) is 0 Å². The van der Waals surface area contributed by atoms with Gasteiger partial charge in [0, 0.05) is 17.0 Å². The Labute approximate surface area is 143 Å². The highest BCUT2D eigenvalue weighted by atomic mass is 35.5. The van der Waals surface area contributed by atoms with E-state index in [-0.39, 0.29) is 12.2 Å². The highest BCUT2D eigenvalue weighted by Gasteiger charge is 2.13. The van der Waals surface area contributed by atoms with Gasteiger partial charge in [0.1, 0.15) is 11.6 Å². The molecule has 0 aliphatic carbocycles. The first-order valence-electron chi connectivity index (χ1n) is 7.17.